The van der Waals surface area contributed by atoms with Crippen LogP contribution in [0.25, 0.3) is 0 Å². The van der Waals surface area contributed by atoms with Crippen molar-refractivity contribution < 1.29 is 0 Å². The van der Waals surface area contributed by atoms with Gasteiger partial charge in [0.2, 0.25) is 0 Å². The van der Waals surface area contributed by atoms with Crippen molar-refractivity contribution in [2.24, 2.45) is 5.92 Å². The number of nitrogens with zero attached hydrogens (tertiary/aromatic N) is 2. The van der Waals surface area contributed by atoms with Gasteiger partial charge in [-0.1, -0.05) is 27.2 Å². The van der Waals surface area contributed by atoms with E-state index in [9.17, 15) is 0 Å². The lowest BCUT2D eigenvalue weighted by molar-refractivity contribution is 0.554. The van der Waals surface area contributed by atoms with Gasteiger partial charge in [-0.2, -0.15) is 0 Å². The molecule has 2 unspecified atom stereocenters. The predicted molar refractivity (Wildman–Crippen MR) is 83.7 cm³/mol. The lowest BCUT2D eigenvalue weighted by Gasteiger charge is -2.23. The molecule has 1 aromatic rings. The van der Waals surface area contributed by atoms with Gasteiger partial charge < -0.3 is 10.2 Å². The minimum atomic E-state index is 0.328. The molecule has 0 aliphatic carbocycles. The fourth-order valence-electron chi connectivity index (χ4n) is 2.05. The van der Waals surface area contributed by atoms with Gasteiger partial charge in [-0.25, -0.2) is 0 Å². The second kappa shape index (κ2) is 8.16. The molecular weight excluding hydrogens is 234 g/mol. The van der Waals surface area contributed by atoms with Gasteiger partial charge in [0.05, 0.1) is 17.6 Å². The summed E-state index contributed by atoms with van der Waals surface area (Å²) in [7, 11) is 2.14. The van der Waals surface area contributed by atoms with Crippen LogP contribution in [0.4, 0.5) is 5.69 Å². The smallest absolute Gasteiger partial charge is 0.0572 e. The van der Waals surface area contributed by atoms with E-state index >= 15 is 0 Å². The lowest BCUT2D eigenvalue weighted by Crippen LogP contribution is -2.24. The third-order valence-corrected chi connectivity index (χ3v) is 3.64. The van der Waals surface area contributed by atoms with Gasteiger partial charge in [-0.3, -0.25) is 4.98 Å². The lowest BCUT2D eigenvalue weighted by atomic mass is 10.1. The monoisotopic (exact) mass is 263 g/mol. The molecule has 1 rings (SSSR count). The van der Waals surface area contributed by atoms with Crippen molar-refractivity contribution in [3.63, 3.8) is 0 Å². The standard InChI is InChI=1S/C16H29N3/c1-6-10-17-14(4)16-9-8-15(11-18-16)19(5)12-13(3)7-2/h8-9,11,13-14,17H,6-7,10,12H2,1-5H3. The molecule has 0 aliphatic heterocycles. The van der Waals surface area contributed by atoms with Crippen LogP contribution in [0.2, 0.25) is 0 Å². The van der Waals surface area contributed by atoms with Crippen LogP contribution in [0.1, 0.15) is 52.3 Å². The average Bonchev–Trinajstić information content (AvgIpc) is 2.44. The summed E-state index contributed by atoms with van der Waals surface area (Å²) < 4.78 is 0. The summed E-state index contributed by atoms with van der Waals surface area (Å²) in [5, 5.41) is 3.46. The quantitative estimate of drug-likeness (QED) is 0.776. The molecule has 0 aliphatic rings. The zero-order chi connectivity index (χ0) is 14.3. The maximum Gasteiger partial charge on any atom is 0.0572 e. The van der Waals surface area contributed by atoms with E-state index in [-0.39, 0.29) is 0 Å². The molecule has 1 aromatic heterocycles. The average molecular weight is 263 g/mol. The maximum absolute atomic E-state index is 4.58. The molecule has 3 heteroatoms. The Morgan fingerprint density at radius 3 is 2.53 bits per heavy atom. The summed E-state index contributed by atoms with van der Waals surface area (Å²) in [4.78, 5) is 6.87. The summed E-state index contributed by atoms with van der Waals surface area (Å²) in [5.41, 5.74) is 2.32. The van der Waals surface area contributed by atoms with Crippen molar-refractivity contribution in [3.8, 4) is 0 Å². The first-order valence-corrected chi connectivity index (χ1v) is 7.48. The van der Waals surface area contributed by atoms with Gasteiger partial charge in [0.25, 0.3) is 0 Å². The third kappa shape index (κ3) is 5.19. The van der Waals surface area contributed by atoms with Gasteiger partial charge in [0.15, 0.2) is 0 Å². The van der Waals surface area contributed by atoms with Crippen LogP contribution in [-0.2, 0) is 0 Å². The molecule has 0 radical (unpaired) electrons. The Bertz CT molecular complexity index is 348. The number of nitrogens with one attached hydrogen (secondary N) is 1. The molecule has 0 saturated carbocycles. The maximum atomic E-state index is 4.58. The molecule has 0 spiro atoms. The van der Waals surface area contributed by atoms with E-state index in [1.165, 1.54) is 12.1 Å². The van der Waals surface area contributed by atoms with Crippen molar-refractivity contribution in [2.45, 2.75) is 46.6 Å². The van der Waals surface area contributed by atoms with E-state index < -0.39 is 0 Å². The van der Waals surface area contributed by atoms with Gasteiger partial charge in [0, 0.05) is 19.6 Å². The predicted octanol–water partition coefficient (Wildman–Crippen LogP) is 3.62. The highest BCUT2D eigenvalue weighted by Crippen LogP contribution is 2.17. The van der Waals surface area contributed by atoms with Crippen LogP contribution < -0.4 is 10.2 Å². The van der Waals surface area contributed by atoms with E-state index in [4.69, 9.17) is 0 Å². The SMILES string of the molecule is CCCNC(C)c1ccc(N(C)CC(C)CC)cn1. The number of rotatable bonds is 8. The molecule has 19 heavy (non-hydrogen) atoms. The summed E-state index contributed by atoms with van der Waals surface area (Å²) in [5.74, 6) is 0.717. The van der Waals surface area contributed by atoms with E-state index in [0.717, 1.165) is 31.1 Å². The fourth-order valence-corrected chi connectivity index (χ4v) is 2.05. The summed E-state index contributed by atoms with van der Waals surface area (Å²) in [6.07, 6.45) is 4.36. The second-order valence-electron chi connectivity index (χ2n) is 5.51. The second-order valence-corrected chi connectivity index (χ2v) is 5.51. The van der Waals surface area contributed by atoms with Crippen LogP contribution in [0, 0.1) is 5.92 Å². The molecule has 0 bridgehead atoms. The topological polar surface area (TPSA) is 28.2 Å². The normalized spacial score (nSPS) is 14.2. The number of aromatic nitrogens is 1. The van der Waals surface area contributed by atoms with Crippen LogP contribution in [0.15, 0.2) is 18.3 Å². The van der Waals surface area contributed by atoms with Crippen molar-refractivity contribution >= 4 is 5.69 Å². The van der Waals surface area contributed by atoms with Crippen molar-refractivity contribution in [3.05, 3.63) is 24.0 Å². The van der Waals surface area contributed by atoms with E-state index in [2.05, 4.69) is 62.1 Å². The van der Waals surface area contributed by atoms with Crippen molar-refractivity contribution in [1.29, 1.82) is 0 Å². The van der Waals surface area contributed by atoms with Crippen molar-refractivity contribution in [1.82, 2.24) is 10.3 Å². The Hall–Kier alpha value is -1.09. The highest BCUT2D eigenvalue weighted by atomic mass is 15.1. The van der Waals surface area contributed by atoms with E-state index in [0.29, 0.717) is 6.04 Å². The molecular formula is C16H29N3. The van der Waals surface area contributed by atoms with Gasteiger partial charge in [0.1, 0.15) is 0 Å². The van der Waals surface area contributed by atoms with Crippen LogP contribution in [0.5, 0.6) is 0 Å². The Kier molecular flexibility index (Phi) is 6.85. The van der Waals surface area contributed by atoms with Gasteiger partial charge in [-0.05, 0) is 37.9 Å². The van der Waals surface area contributed by atoms with E-state index in [1.807, 2.05) is 6.20 Å². The summed E-state index contributed by atoms with van der Waals surface area (Å²) in [6, 6.07) is 4.64. The molecule has 1 heterocycles. The summed E-state index contributed by atoms with van der Waals surface area (Å²) >= 11 is 0. The largest absolute Gasteiger partial charge is 0.373 e. The minimum Gasteiger partial charge on any atom is -0.373 e. The first-order chi connectivity index (χ1) is 9.08. The molecule has 0 fully saturated rings. The van der Waals surface area contributed by atoms with Crippen LogP contribution in [-0.4, -0.2) is 25.1 Å². The zero-order valence-electron chi connectivity index (χ0n) is 13.1. The van der Waals surface area contributed by atoms with Gasteiger partial charge >= 0.3 is 0 Å². The Morgan fingerprint density at radius 2 is 2.00 bits per heavy atom. The third-order valence-electron chi connectivity index (χ3n) is 3.64. The number of anilines is 1. The van der Waals surface area contributed by atoms with Gasteiger partial charge in [-0.15, -0.1) is 0 Å². The molecule has 0 amide bonds. The highest BCUT2D eigenvalue weighted by Gasteiger charge is 2.08. The Balaban J connectivity index is 2.60. The first-order valence-electron chi connectivity index (χ1n) is 7.48. The number of hydrogen-bond donors (Lipinski definition) is 1. The number of pyridine rings is 1. The van der Waals surface area contributed by atoms with Crippen LogP contribution in [0.3, 0.4) is 0 Å². The molecule has 108 valence electrons. The fraction of sp³-hybridized carbons (Fsp3) is 0.688. The Morgan fingerprint density at radius 1 is 1.26 bits per heavy atom. The molecule has 3 nitrogen and oxygen atoms in total. The highest BCUT2D eigenvalue weighted by molar-refractivity contribution is 5.43. The Labute approximate surface area is 118 Å². The first kappa shape index (κ1) is 16.0. The minimum absolute atomic E-state index is 0.328. The molecule has 0 aromatic carbocycles. The molecule has 0 saturated heterocycles. The molecule has 2 atom stereocenters. The van der Waals surface area contributed by atoms with Crippen LogP contribution >= 0.6 is 0 Å². The number of hydrogen-bond acceptors (Lipinski definition) is 3. The van der Waals surface area contributed by atoms with Crippen molar-refractivity contribution in [2.75, 3.05) is 25.0 Å². The zero-order valence-corrected chi connectivity index (χ0v) is 13.1. The van der Waals surface area contributed by atoms with E-state index in [1.54, 1.807) is 0 Å². The molecule has 1 N–H and O–H groups in total. The summed E-state index contributed by atoms with van der Waals surface area (Å²) in [6.45, 7) is 11.0.